The Bertz CT molecular complexity index is 3040. The SMILES string of the molecule is CO[C@@H](C)c1c(NC(=O)Nc2cnc(-n3cc(CNC(=O)CCOCCOCCOCCN4CCN(Cc5ccc(COc6cccc7c6CN(C6CCC(=O)NC6=O)C7O)cc5)CC4)cn3)c(Cl)c2)cnc2cc(Cl)nn12. The first kappa shape index (κ1) is 56.1. The molecule has 0 radical (unpaired) electrons. The number of amides is 5. The molecule has 6 aromatic rings. The van der Waals surface area contributed by atoms with Gasteiger partial charge in [0, 0.05) is 101 Å². The highest BCUT2D eigenvalue weighted by Gasteiger charge is 2.41. The van der Waals surface area contributed by atoms with Gasteiger partial charge in [-0.25, -0.2) is 24.0 Å². The first-order valence-electron chi connectivity index (χ1n) is 25.8. The van der Waals surface area contributed by atoms with Gasteiger partial charge in [-0.1, -0.05) is 59.6 Å². The molecule has 0 spiro atoms. The summed E-state index contributed by atoms with van der Waals surface area (Å²) in [4.78, 5) is 65.0. The number of piperazine rings is 1. The van der Waals surface area contributed by atoms with E-state index in [1.807, 2.05) is 25.1 Å². The average molecular weight is 1110 g/mol. The van der Waals surface area contributed by atoms with Gasteiger partial charge in [0.05, 0.1) is 92.5 Å². The van der Waals surface area contributed by atoms with Crippen molar-refractivity contribution in [2.45, 2.75) is 70.8 Å². The fourth-order valence-electron chi connectivity index (χ4n) is 9.42. The van der Waals surface area contributed by atoms with E-state index in [1.165, 1.54) is 27.2 Å². The number of methoxy groups -OCH3 is 1. The minimum atomic E-state index is -0.940. The van der Waals surface area contributed by atoms with E-state index in [9.17, 15) is 24.3 Å². The lowest BCUT2D eigenvalue weighted by Crippen LogP contribution is -2.51. The molecule has 25 heteroatoms. The normalized spacial score (nSPS) is 17.5. The highest BCUT2D eigenvalue weighted by atomic mass is 35.5. The number of anilines is 2. The number of aliphatic hydroxyl groups is 1. The van der Waals surface area contributed by atoms with Crippen LogP contribution in [-0.4, -0.2) is 158 Å². The summed E-state index contributed by atoms with van der Waals surface area (Å²) >= 11 is 12.6. The maximum Gasteiger partial charge on any atom is 0.323 e. The molecule has 3 aliphatic heterocycles. The molecule has 5 amide bonds. The van der Waals surface area contributed by atoms with E-state index in [2.05, 4.69) is 75.5 Å². The Morgan fingerprint density at radius 3 is 2.37 bits per heavy atom. The number of nitrogens with zero attached hydrogens (tertiary/aromatic N) is 9. The highest BCUT2D eigenvalue weighted by Crippen LogP contribution is 2.40. The molecule has 0 aliphatic carbocycles. The minimum Gasteiger partial charge on any atom is -0.489 e. The molecule has 3 aliphatic rings. The number of rotatable bonds is 25. The summed E-state index contributed by atoms with van der Waals surface area (Å²) in [6.07, 6.45) is 5.68. The van der Waals surface area contributed by atoms with Gasteiger partial charge in [0.2, 0.25) is 17.7 Å². The van der Waals surface area contributed by atoms with Gasteiger partial charge in [0.15, 0.2) is 16.6 Å². The van der Waals surface area contributed by atoms with Gasteiger partial charge in [0.1, 0.15) is 18.6 Å². The highest BCUT2D eigenvalue weighted by molar-refractivity contribution is 6.32. The molecule has 9 rings (SSSR count). The number of hydrogen-bond donors (Lipinski definition) is 5. The summed E-state index contributed by atoms with van der Waals surface area (Å²) in [5.41, 5.74) is 6.33. The Kier molecular flexibility index (Phi) is 19.3. The van der Waals surface area contributed by atoms with E-state index in [4.69, 9.17) is 46.9 Å². The second-order valence-corrected chi connectivity index (χ2v) is 19.8. The first-order chi connectivity index (χ1) is 37.9. The smallest absolute Gasteiger partial charge is 0.323 e. The van der Waals surface area contributed by atoms with E-state index >= 15 is 0 Å². The number of piperidine rings is 1. The van der Waals surface area contributed by atoms with Crippen LogP contribution in [0.4, 0.5) is 16.2 Å². The molecule has 2 unspecified atom stereocenters. The average Bonchev–Trinajstić information content (AvgIpc) is 4.23. The number of carbonyl (C=O) groups is 4. The van der Waals surface area contributed by atoms with Crippen molar-refractivity contribution in [3.63, 3.8) is 0 Å². The van der Waals surface area contributed by atoms with Gasteiger partial charge in [-0.05, 0) is 36.6 Å². The van der Waals surface area contributed by atoms with Gasteiger partial charge in [-0.2, -0.15) is 10.2 Å². The Labute approximate surface area is 460 Å². The molecular formula is C53H63Cl2N13O10. The van der Waals surface area contributed by atoms with Crippen LogP contribution in [0.2, 0.25) is 10.2 Å². The lowest BCUT2D eigenvalue weighted by atomic mass is 10.0. The summed E-state index contributed by atoms with van der Waals surface area (Å²) < 4.78 is 31.8. The summed E-state index contributed by atoms with van der Waals surface area (Å²) in [5.74, 6) is 0.178. The zero-order valence-electron chi connectivity index (χ0n) is 43.4. The third-order valence-electron chi connectivity index (χ3n) is 13.7. The second-order valence-electron chi connectivity index (χ2n) is 19.0. The van der Waals surface area contributed by atoms with E-state index in [1.54, 1.807) is 36.5 Å². The second kappa shape index (κ2) is 26.8. The van der Waals surface area contributed by atoms with Crippen molar-refractivity contribution < 1.29 is 48.0 Å². The molecule has 23 nitrogen and oxygen atoms in total. The number of aromatic nitrogens is 6. The number of ether oxygens (including phenoxy) is 5. The predicted octanol–water partition coefficient (Wildman–Crippen LogP) is 5.03. The van der Waals surface area contributed by atoms with E-state index < -0.39 is 24.4 Å². The Morgan fingerprint density at radius 2 is 1.62 bits per heavy atom. The topological polar surface area (TPSA) is 253 Å². The number of halogens is 2. The number of benzene rings is 2. The molecule has 0 bridgehead atoms. The third-order valence-corrected chi connectivity index (χ3v) is 14.1. The fraction of sp³-hybridized carbons (Fsp3) is 0.434. The largest absolute Gasteiger partial charge is 0.489 e. The number of pyridine rings is 1. The number of hydrogen-bond acceptors (Lipinski definition) is 17. The molecule has 3 atom stereocenters. The number of nitrogens with one attached hydrogen (secondary N) is 4. The summed E-state index contributed by atoms with van der Waals surface area (Å²) in [7, 11) is 1.54. The van der Waals surface area contributed by atoms with Gasteiger partial charge in [0.25, 0.3) is 0 Å². The number of fused-ring (bicyclic) bond motifs is 2. The summed E-state index contributed by atoms with van der Waals surface area (Å²) in [6.45, 7) is 11.0. The lowest BCUT2D eigenvalue weighted by Gasteiger charge is -2.34. The van der Waals surface area contributed by atoms with Crippen LogP contribution < -0.4 is 26.0 Å². The van der Waals surface area contributed by atoms with Crippen LogP contribution in [0.15, 0.2) is 79.4 Å². The van der Waals surface area contributed by atoms with Crippen molar-refractivity contribution in [3.8, 4) is 11.6 Å². The number of urea groups is 1. The van der Waals surface area contributed by atoms with Crippen molar-refractivity contribution in [2.75, 3.05) is 90.1 Å². The molecule has 2 fully saturated rings. The monoisotopic (exact) mass is 1110 g/mol. The predicted molar refractivity (Wildman–Crippen MR) is 287 cm³/mol. The molecule has 2 saturated heterocycles. The fourth-order valence-corrected chi connectivity index (χ4v) is 9.84. The molecule has 78 heavy (non-hydrogen) atoms. The molecule has 5 N–H and O–H groups in total. The molecular weight excluding hydrogens is 1050 g/mol. The van der Waals surface area contributed by atoms with Crippen molar-refractivity contribution in [3.05, 3.63) is 123 Å². The van der Waals surface area contributed by atoms with Crippen LogP contribution in [0.5, 0.6) is 5.75 Å². The molecule has 2 aromatic carbocycles. The molecule has 7 heterocycles. The Hall–Kier alpha value is -6.64. The molecule has 414 valence electrons. The van der Waals surface area contributed by atoms with Crippen LogP contribution in [-0.2, 0) is 59.6 Å². The number of imide groups is 1. The lowest BCUT2D eigenvalue weighted by molar-refractivity contribution is -0.141. The molecule has 0 saturated carbocycles. The number of carbonyl (C=O) groups excluding carboxylic acids is 4. The van der Waals surface area contributed by atoms with E-state index in [-0.39, 0.29) is 53.9 Å². The van der Waals surface area contributed by atoms with Crippen molar-refractivity contribution >= 4 is 64.0 Å². The van der Waals surface area contributed by atoms with Gasteiger partial charge < -0.3 is 44.7 Å². The van der Waals surface area contributed by atoms with Crippen LogP contribution in [0.25, 0.3) is 11.5 Å². The summed E-state index contributed by atoms with van der Waals surface area (Å²) in [5, 5.41) is 30.9. The number of aliphatic hydroxyl groups excluding tert-OH is 1. The van der Waals surface area contributed by atoms with Crippen molar-refractivity contribution in [1.29, 1.82) is 0 Å². The summed E-state index contributed by atoms with van der Waals surface area (Å²) in [6, 6.07) is 16.1. The van der Waals surface area contributed by atoms with E-state index in [0.717, 1.165) is 61.5 Å². The first-order valence-corrected chi connectivity index (χ1v) is 26.5. The van der Waals surface area contributed by atoms with Gasteiger partial charge >= 0.3 is 6.03 Å². The van der Waals surface area contributed by atoms with Crippen molar-refractivity contribution in [1.82, 2.24) is 54.7 Å². The van der Waals surface area contributed by atoms with Gasteiger partial charge in [-0.15, -0.1) is 0 Å². The maximum absolute atomic E-state index is 13.0. The minimum absolute atomic E-state index is 0.176. The quantitative estimate of drug-likeness (QED) is 0.0372. The standard InChI is InChI=1S/C53H63Cl2N13O10/c1-34(74-2)49-42(29-56-46-25-45(55)63-68(46)49)61-53(73)60-38-24-41(54)50(58-28-38)67-31-37(27-59-67)26-57-47(69)12-18-75-20-22-77-23-21-76-19-17-64-13-15-65(16-14-64)30-35-6-8-36(9-7-35)33-78-44-5-3-4-39-40(44)32-66(52(39)72)43-10-11-48(70)62-51(43)71/h3-9,24-25,27-29,31,34,43,52,72H,10-23,26,30,32-33H2,1-2H3,(H,57,69)(H2,60,61,73)(H,62,70,71)/t34-,43?,52?/m0/s1. The maximum atomic E-state index is 13.0. The van der Waals surface area contributed by atoms with E-state index in [0.29, 0.717) is 86.9 Å². The van der Waals surface area contributed by atoms with Crippen LogP contribution in [0.3, 0.4) is 0 Å². The van der Waals surface area contributed by atoms with Crippen LogP contribution in [0, 0.1) is 0 Å². The van der Waals surface area contributed by atoms with Crippen LogP contribution in [0.1, 0.15) is 72.0 Å². The Balaban J connectivity index is 0.580. The Morgan fingerprint density at radius 1 is 0.872 bits per heavy atom. The third kappa shape index (κ3) is 14.5. The van der Waals surface area contributed by atoms with Crippen molar-refractivity contribution in [2.24, 2.45) is 0 Å². The van der Waals surface area contributed by atoms with Crippen LogP contribution >= 0.6 is 23.2 Å². The molecule has 4 aromatic heterocycles. The zero-order chi connectivity index (χ0) is 54.5. The zero-order valence-corrected chi connectivity index (χ0v) is 44.9. The van der Waals surface area contributed by atoms with Gasteiger partial charge in [-0.3, -0.25) is 34.4 Å².